The topological polar surface area (TPSA) is 41.9 Å². The van der Waals surface area contributed by atoms with E-state index in [1.807, 2.05) is 12.1 Å². The van der Waals surface area contributed by atoms with Crippen LogP contribution in [0.2, 0.25) is 0 Å². The summed E-state index contributed by atoms with van der Waals surface area (Å²) in [4.78, 5) is 2.22. The van der Waals surface area contributed by atoms with Crippen LogP contribution in [-0.2, 0) is 4.74 Å². The molecule has 1 saturated carbocycles. The zero-order valence-electron chi connectivity index (χ0n) is 11.8. The molecule has 1 unspecified atom stereocenters. The van der Waals surface area contributed by atoms with E-state index in [2.05, 4.69) is 17.0 Å². The van der Waals surface area contributed by atoms with E-state index in [-0.39, 0.29) is 0 Å². The van der Waals surface area contributed by atoms with Crippen LogP contribution >= 0.6 is 0 Å². The smallest absolute Gasteiger partial charge is 0.119 e. The average Bonchev–Trinajstić information content (AvgIpc) is 3.31. The highest BCUT2D eigenvalue weighted by atomic mass is 16.5. The average molecular weight is 277 g/mol. The summed E-state index contributed by atoms with van der Waals surface area (Å²) in [6.45, 7) is 4.33. The lowest BCUT2D eigenvalue weighted by Gasteiger charge is -2.28. The van der Waals surface area contributed by atoms with Crippen LogP contribution in [0.25, 0.3) is 0 Å². The Labute approximate surface area is 120 Å². The monoisotopic (exact) mass is 277 g/mol. The predicted molar refractivity (Wildman–Crippen MR) is 77.2 cm³/mol. The van der Waals surface area contributed by atoms with Crippen molar-refractivity contribution in [2.24, 2.45) is 0 Å². The highest BCUT2D eigenvalue weighted by molar-refractivity contribution is 5.32. The Morgan fingerprint density at radius 3 is 2.85 bits per heavy atom. The van der Waals surface area contributed by atoms with Crippen molar-refractivity contribution in [1.82, 2.24) is 4.90 Å². The summed E-state index contributed by atoms with van der Waals surface area (Å²) >= 11 is 0. The van der Waals surface area contributed by atoms with Crippen LogP contribution in [0.4, 0.5) is 0 Å². The highest BCUT2D eigenvalue weighted by Gasteiger charge is 2.23. The maximum absolute atomic E-state index is 10.0. The van der Waals surface area contributed by atoms with E-state index in [1.54, 1.807) is 0 Å². The molecule has 1 saturated heterocycles. The van der Waals surface area contributed by atoms with Crippen LogP contribution < -0.4 is 4.74 Å². The van der Waals surface area contributed by atoms with Gasteiger partial charge in [-0.3, -0.25) is 4.90 Å². The quantitative estimate of drug-likeness (QED) is 0.858. The Hall–Kier alpha value is -1.10. The molecule has 110 valence electrons. The van der Waals surface area contributed by atoms with Crippen LogP contribution in [0.5, 0.6) is 5.75 Å². The second kappa shape index (κ2) is 6.57. The van der Waals surface area contributed by atoms with Gasteiger partial charge >= 0.3 is 0 Å². The molecule has 4 heteroatoms. The molecule has 1 aliphatic carbocycles. The Bertz CT molecular complexity index is 427. The molecule has 1 N–H and O–H groups in total. The minimum Gasteiger partial charge on any atom is -0.491 e. The van der Waals surface area contributed by atoms with Gasteiger partial charge in [-0.15, -0.1) is 0 Å². The van der Waals surface area contributed by atoms with Crippen LogP contribution in [0.3, 0.4) is 0 Å². The number of hydrogen-bond donors (Lipinski definition) is 1. The summed E-state index contributed by atoms with van der Waals surface area (Å²) in [7, 11) is 0. The maximum Gasteiger partial charge on any atom is 0.119 e. The number of morpholine rings is 1. The van der Waals surface area contributed by atoms with Crippen molar-refractivity contribution in [2.45, 2.75) is 24.9 Å². The maximum atomic E-state index is 10.0. The molecular formula is C16H23NO3. The summed E-state index contributed by atoms with van der Waals surface area (Å²) in [5.41, 5.74) is 1.37. The van der Waals surface area contributed by atoms with Crippen molar-refractivity contribution in [3.8, 4) is 5.75 Å². The SMILES string of the molecule is OC(COc1cccc(C2CC2)c1)CN1CCOCC1. The van der Waals surface area contributed by atoms with Crippen LogP contribution in [0, 0.1) is 0 Å². The molecule has 1 aliphatic heterocycles. The summed E-state index contributed by atoms with van der Waals surface area (Å²) in [6.07, 6.45) is 2.14. The van der Waals surface area contributed by atoms with Crippen molar-refractivity contribution in [2.75, 3.05) is 39.5 Å². The van der Waals surface area contributed by atoms with Crippen molar-refractivity contribution < 1.29 is 14.6 Å². The first-order chi connectivity index (χ1) is 9.81. The van der Waals surface area contributed by atoms with Gasteiger partial charge in [-0.25, -0.2) is 0 Å². The number of rotatable bonds is 6. The number of aliphatic hydroxyl groups excluding tert-OH is 1. The van der Waals surface area contributed by atoms with Gasteiger partial charge in [0.2, 0.25) is 0 Å². The first-order valence-electron chi connectivity index (χ1n) is 7.52. The van der Waals surface area contributed by atoms with Gasteiger partial charge in [-0.1, -0.05) is 12.1 Å². The van der Waals surface area contributed by atoms with E-state index in [0.29, 0.717) is 13.2 Å². The largest absolute Gasteiger partial charge is 0.491 e. The van der Waals surface area contributed by atoms with Crippen LogP contribution in [-0.4, -0.2) is 55.6 Å². The fourth-order valence-electron chi connectivity index (χ4n) is 2.60. The fourth-order valence-corrected chi connectivity index (χ4v) is 2.60. The summed E-state index contributed by atoms with van der Waals surface area (Å²) in [5, 5.41) is 10.0. The normalized spacial score (nSPS) is 21.6. The second-order valence-electron chi connectivity index (χ2n) is 5.72. The summed E-state index contributed by atoms with van der Waals surface area (Å²) in [6, 6.07) is 8.28. The lowest BCUT2D eigenvalue weighted by Crippen LogP contribution is -2.42. The summed E-state index contributed by atoms with van der Waals surface area (Å²) < 4.78 is 11.0. The number of β-amino-alcohol motifs (C(OH)–C–C–N with tert-alkyl or cyclic N) is 1. The molecule has 20 heavy (non-hydrogen) atoms. The molecule has 2 aliphatic rings. The van der Waals surface area contributed by atoms with Gasteiger partial charge in [-0.05, 0) is 36.5 Å². The Morgan fingerprint density at radius 2 is 2.10 bits per heavy atom. The van der Waals surface area contributed by atoms with Crippen LogP contribution in [0.1, 0.15) is 24.3 Å². The first-order valence-corrected chi connectivity index (χ1v) is 7.52. The standard InChI is InChI=1S/C16H23NO3/c18-15(11-17-6-8-19-9-7-17)12-20-16-3-1-2-14(10-16)13-4-5-13/h1-3,10,13,15,18H,4-9,11-12H2. The van der Waals surface area contributed by atoms with E-state index in [4.69, 9.17) is 9.47 Å². The lowest BCUT2D eigenvalue weighted by atomic mass is 10.1. The molecule has 0 bridgehead atoms. The van der Waals surface area contributed by atoms with Gasteiger partial charge in [0.05, 0.1) is 13.2 Å². The molecule has 0 aromatic heterocycles. The molecule has 1 heterocycles. The van der Waals surface area contributed by atoms with Gasteiger partial charge in [0, 0.05) is 19.6 Å². The predicted octanol–water partition coefficient (Wildman–Crippen LogP) is 1.64. The molecule has 1 aromatic rings. The van der Waals surface area contributed by atoms with Crippen molar-refractivity contribution in [3.63, 3.8) is 0 Å². The van der Waals surface area contributed by atoms with Crippen molar-refractivity contribution in [3.05, 3.63) is 29.8 Å². The third-order valence-electron chi connectivity index (χ3n) is 3.92. The highest BCUT2D eigenvalue weighted by Crippen LogP contribution is 2.40. The van der Waals surface area contributed by atoms with Gasteiger partial charge < -0.3 is 14.6 Å². The third kappa shape index (κ3) is 3.95. The van der Waals surface area contributed by atoms with Gasteiger partial charge in [0.25, 0.3) is 0 Å². The molecule has 0 amide bonds. The summed E-state index contributed by atoms with van der Waals surface area (Å²) in [5.74, 6) is 1.60. The Kier molecular flexibility index (Phi) is 4.55. The van der Waals surface area contributed by atoms with Gasteiger partial charge in [-0.2, -0.15) is 0 Å². The minimum absolute atomic E-state index is 0.353. The number of hydrogen-bond acceptors (Lipinski definition) is 4. The van der Waals surface area contributed by atoms with Crippen LogP contribution in [0.15, 0.2) is 24.3 Å². The Balaban J connectivity index is 1.44. The Morgan fingerprint density at radius 1 is 1.30 bits per heavy atom. The molecule has 1 atom stereocenters. The number of nitrogens with zero attached hydrogens (tertiary/aromatic N) is 1. The minimum atomic E-state index is -0.447. The molecule has 1 aromatic carbocycles. The molecule has 2 fully saturated rings. The van der Waals surface area contributed by atoms with E-state index in [0.717, 1.165) is 38.0 Å². The zero-order chi connectivity index (χ0) is 13.8. The molecule has 3 rings (SSSR count). The third-order valence-corrected chi connectivity index (χ3v) is 3.92. The first kappa shape index (κ1) is 13.9. The van der Waals surface area contributed by atoms with Gasteiger partial charge in [0.1, 0.15) is 18.5 Å². The molecular weight excluding hydrogens is 254 g/mol. The molecule has 0 radical (unpaired) electrons. The number of ether oxygens (including phenoxy) is 2. The van der Waals surface area contributed by atoms with E-state index in [1.165, 1.54) is 18.4 Å². The van der Waals surface area contributed by atoms with E-state index in [9.17, 15) is 5.11 Å². The van der Waals surface area contributed by atoms with E-state index < -0.39 is 6.10 Å². The fraction of sp³-hybridized carbons (Fsp3) is 0.625. The number of benzene rings is 1. The second-order valence-corrected chi connectivity index (χ2v) is 5.72. The molecule has 4 nitrogen and oxygen atoms in total. The lowest BCUT2D eigenvalue weighted by molar-refractivity contribution is 0.00465. The van der Waals surface area contributed by atoms with Gasteiger partial charge in [0.15, 0.2) is 0 Å². The molecule has 0 spiro atoms. The zero-order valence-corrected chi connectivity index (χ0v) is 11.8. The van der Waals surface area contributed by atoms with E-state index >= 15 is 0 Å². The number of aliphatic hydroxyl groups is 1. The van der Waals surface area contributed by atoms with Crippen molar-refractivity contribution >= 4 is 0 Å². The van der Waals surface area contributed by atoms with Crippen molar-refractivity contribution in [1.29, 1.82) is 0 Å².